The average molecular weight is 339 g/mol. The number of rotatable bonds is 5. The molecule has 0 aliphatic carbocycles. The molecule has 24 heavy (non-hydrogen) atoms. The molecule has 1 aromatic carbocycles. The Bertz CT molecular complexity index is 683. The zero-order chi connectivity index (χ0) is 17.7. The van der Waals surface area contributed by atoms with Gasteiger partial charge in [0.25, 0.3) is 5.91 Å². The van der Waals surface area contributed by atoms with Gasteiger partial charge >= 0.3 is 6.18 Å². The van der Waals surface area contributed by atoms with Gasteiger partial charge in [-0.3, -0.25) is 4.79 Å². The van der Waals surface area contributed by atoms with E-state index < -0.39 is 11.7 Å². The second-order valence-corrected chi connectivity index (χ2v) is 5.26. The molecule has 2 aromatic rings. The molecule has 0 unspecified atom stereocenters. The first kappa shape index (κ1) is 17.7. The molecule has 2 rings (SSSR count). The van der Waals surface area contributed by atoms with Crippen LogP contribution in [0.25, 0.3) is 0 Å². The Hall–Kier alpha value is -2.64. The van der Waals surface area contributed by atoms with Crippen LogP contribution in [-0.2, 0) is 12.7 Å². The summed E-state index contributed by atoms with van der Waals surface area (Å²) in [4.78, 5) is 19.2. The van der Waals surface area contributed by atoms with Crippen LogP contribution in [0.5, 0.6) is 5.75 Å². The van der Waals surface area contributed by atoms with Gasteiger partial charge in [0, 0.05) is 18.0 Å². The van der Waals surface area contributed by atoms with Crippen molar-refractivity contribution in [2.24, 2.45) is 0 Å². The molecule has 5 nitrogen and oxygen atoms in total. The van der Waals surface area contributed by atoms with E-state index in [2.05, 4.69) is 15.3 Å². The van der Waals surface area contributed by atoms with Crippen LogP contribution in [0.2, 0.25) is 0 Å². The van der Waals surface area contributed by atoms with Crippen molar-refractivity contribution in [1.29, 1.82) is 0 Å². The van der Waals surface area contributed by atoms with E-state index in [1.165, 1.54) is 0 Å². The number of hydrogen-bond donors (Lipinski definition) is 1. The Morgan fingerprint density at radius 1 is 1.17 bits per heavy atom. The van der Waals surface area contributed by atoms with Crippen LogP contribution in [0.4, 0.5) is 13.2 Å². The van der Waals surface area contributed by atoms with Gasteiger partial charge in [0.1, 0.15) is 11.6 Å². The third-order valence-electron chi connectivity index (χ3n) is 2.93. The normalized spacial score (nSPS) is 11.4. The van der Waals surface area contributed by atoms with E-state index in [0.717, 1.165) is 0 Å². The lowest BCUT2D eigenvalue weighted by atomic mass is 10.2. The van der Waals surface area contributed by atoms with E-state index in [1.807, 2.05) is 13.8 Å². The zero-order valence-electron chi connectivity index (χ0n) is 13.1. The Morgan fingerprint density at radius 3 is 2.25 bits per heavy atom. The molecule has 1 heterocycles. The molecule has 0 saturated carbocycles. The molecule has 0 radical (unpaired) electrons. The molecule has 1 amide bonds. The van der Waals surface area contributed by atoms with E-state index in [9.17, 15) is 18.0 Å². The van der Waals surface area contributed by atoms with E-state index in [-0.39, 0.29) is 24.4 Å². The van der Waals surface area contributed by atoms with E-state index in [1.54, 1.807) is 24.3 Å². The summed E-state index contributed by atoms with van der Waals surface area (Å²) in [6.07, 6.45) is -3.08. The number of alkyl halides is 3. The molecule has 0 saturated heterocycles. The summed E-state index contributed by atoms with van der Waals surface area (Å²) in [5.74, 6) is 0.360. The first-order valence-corrected chi connectivity index (χ1v) is 7.19. The fourth-order valence-electron chi connectivity index (χ4n) is 1.81. The number of carbonyl (C=O) groups excluding carboxylic acids is 1. The number of amides is 1. The summed E-state index contributed by atoms with van der Waals surface area (Å²) in [5.41, 5.74) is -0.531. The summed E-state index contributed by atoms with van der Waals surface area (Å²) >= 11 is 0. The predicted molar refractivity (Wildman–Crippen MR) is 80.4 cm³/mol. The number of nitrogens with zero attached hydrogens (tertiary/aromatic N) is 2. The predicted octanol–water partition coefficient (Wildman–Crippen LogP) is 3.21. The first-order valence-electron chi connectivity index (χ1n) is 7.19. The number of hydrogen-bond acceptors (Lipinski definition) is 4. The van der Waals surface area contributed by atoms with Crippen LogP contribution in [0, 0.1) is 0 Å². The van der Waals surface area contributed by atoms with Gasteiger partial charge in [-0.25, -0.2) is 9.97 Å². The van der Waals surface area contributed by atoms with Crippen LogP contribution in [0.3, 0.4) is 0 Å². The molecular formula is C16H16F3N3O2. The van der Waals surface area contributed by atoms with Crippen molar-refractivity contribution < 1.29 is 22.7 Å². The molecule has 1 N–H and O–H groups in total. The summed E-state index contributed by atoms with van der Waals surface area (Å²) in [6.45, 7) is 3.72. The molecule has 0 atom stereocenters. The molecule has 0 bridgehead atoms. The minimum absolute atomic E-state index is 0.0292. The van der Waals surface area contributed by atoms with Gasteiger partial charge < -0.3 is 10.1 Å². The van der Waals surface area contributed by atoms with Gasteiger partial charge in [-0.05, 0) is 38.1 Å². The lowest BCUT2D eigenvalue weighted by Gasteiger charge is -2.10. The van der Waals surface area contributed by atoms with Crippen LogP contribution in [-0.4, -0.2) is 22.0 Å². The average Bonchev–Trinajstić information content (AvgIpc) is 2.52. The van der Waals surface area contributed by atoms with Crippen molar-refractivity contribution >= 4 is 5.91 Å². The van der Waals surface area contributed by atoms with Crippen molar-refractivity contribution in [3.05, 3.63) is 53.6 Å². The van der Waals surface area contributed by atoms with Gasteiger partial charge in [0.15, 0.2) is 0 Å². The molecule has 0 fully saturated rings. The Morgan fingerprint density at radius 2 is 1.75 bits per heavy atom. The van der Waals surface area contributed by atoms with Gasteiger partial charge in [-0.1, -0.05) is 0 Å². The largest absolute Gasteiger partial charge is 0.491 e. The molecule has 1 aromatic heterocycles. The molecule has 0 spiro atoms. The van der Waals surface area contributed by atoms with Crippen molar-refractivity contribution in [2.75, 3.05) is 0 Å². The maximum atomic E-state index is 12.4. The van der Waals surface area contributed by atoms with Crippen molar-refractivity contribution in [1.82, 2.24) is 15.3 Å². The summed E-state index contributed by atoms with van der Waals surface area (Å²) in [6, 6.07) is 6.54. The topological polar surface area (TPSA) is 64.1 Å². The van der Waals surface area contributed by atoms with Gasteiger partial charge in [0.2, 0.25) is 0 Å². The Labute approximate surface area is 136 Å². The fourth-order valence-corrected chi connectivity index (χ4v) is 1.81. The third-order valence-corrected chi connectivity index (χ3v) is 2.93. The maximum Gasteiger partial charge on any atom is 0.419 e. The highest BCUT2D eigenvalue weighted by molar-refractivity contribution is 5.94. The van der Waals surface area contributed by atoms with Gasteiger partial charge in [0.05, 0.1) is 18.2 Å². The SMILES string of the molecule is CC(C)Oc1ccc(C(=O)NCc2ncc(C(F)(F)F)cn2)cc1. The summed E-state index contributed by atoms with van der Waals surface area (Å²) in [7, 11) is 0. The van der Waals surface area contributed by atoms with Crippen LogP contribution < -0.4 is 10.1 Å². The van der Waals surface area contributed by atoms with E-state index in [0.29, 0.717) is 23.7 Å². The minimum atomic E-state index is -4.48. The second kappa shape index (κ2) is 7.29. The molecule has 128 valence electrons. The maximum absolute atomic E-state index is 12.4. The van der Waals surface area contributed by atoms with Crippen molar-refractivity contribution in [2.45, 2.75) is 32.7 Å². The van der Waals surface area contributed by atoms with E-state index in [4.69, 9.17) is 4.74 Å². The lowest BCUT2D eigenvalue weighted by molar-refractivity contribution is -0.138. The number of nitrogens with one attached hydrogen (secondary N) is 1. The number of benzene rings is 1. The fraction of sp³-hybridized carbons (Fsp3) is 0.312. The monoisotopic (exact) mass is 339 g/mol. The first-order chi connectivity index (χ1) is 11.3. The molecule has 0 aliphatic rings. The minimum Gasteiger partial charge on any atom is -0.491 e. The van der Waals surface area contributed by atoms with Gasteiger partial charge in [-0.2, -0.15) is 13.2 Å². The van der Waals surface area contributed by atoms with Crippen molar-refractivity contribution in [3.63, 3.8) is 0 Å². The zero-order valence-corrected chi connectivity index (χ0v) is 13.1. The highest BCUT2D eigenvalue weighted by Gasteiger charge is 2.31. The highest BCUT2D eigenvalue weighted by Crippen LogP contribution is 2.27. The van der Waals surface area contributed by atoms with E-state index >= 15 is 0 Å². The molecular weight excluding hydrogens is 323 g/mol. The second-order valence-electron chi connectivity index (χ2n) is 5.26. The molecule has 8 heteroatoms. The molecule has 0 aliphatic heterocycles. The van der Waals surface area contributed by atoms with Crippen LogP contribution >= 0.6 is 0 Å². The Kier molecular flexibility index (Phi) is 5.38. The summed E-state index contributed by atoms with van der Waals surface area (Å²) in [5, 5.41) is 2.55. The third kappa shape index (κ3) is 4.94. The quantitative estimate of drug-likeness (QED) is 0.908. The lowest BCUT2D eigenvalue weighted by Crippen LogP contribution is -2.24. The standard InChI is InChI=1S/C16H16F3N3O2/c1-10(2)24-13-5-3-11(4-6-13)15(23)22-9-14-20-7-12(8-21-14)16(17,18)19/h3-8,10H,9H2,1-2H3,(H,22,23). The summed E-state index contributed by atoms with van der Waals surface area (Å²) < 4.78 is 42.7. The Balaban J connectivity index is 1.93. The number of carbonyl (C=O) groups is 1. The van der Waals surface area contributed by atoms with Crippen LogP contribution in [0.1, 0.15) is 35.6 Å². The van der Waals surface area contributed by atoms with Gasteiger partial charge in [-0.15, -0.1) is 0 Å². The highest BCUT2D eigenvalue weighted by atomic mass is 19.4. The number of halogens is 3. The van der Waals surface area contributed by atoms with Crippen molar-refractivity contribution in [3.8, 4) is 5.75 Å². The number of aromatic nitrogens is 2. The number of ether oxygens (including phenoxy) is 1. The van der Waals surface area contributed by atoms with Crippen LogP contribution in [0.15, 0.2) is 36.7 Å². The smallest absolute Gasteiger partial charge is 0.419 e.